The van der Waals surface area contributed by atoms with Gasteiger partial charge in [-0.1, -0.05) is 0 Å². The molecule has 1 N–H and O–H groups in total. The molecule has 0 unspecified atom stereocenters. The standard InChI is InChI=1S/C13H23N3O3S/c1-15-8-5-13(11(15)17)10-16(20(2,18)19)9-12(13)3-6-14-7-4-12/h14H,3-10H2,1-2H3/t13-/m0/s1. The monoisotopic (exact) mass is 301 g/mol. The van der Waals surface area contributed by atoms with Crippen LogP contribution in [0.5, 0.6) is 0 Å². The Bertz CT molecular complexity index is 527. The molecule has 1 atom stereocenters. The van der Waals surface area contributed by atoms with Crippen LogP contribution in [0, 0.1) is 10.8 Å². The second kappa shape index (κ2) is 4.42. The highest BCUT2D eigenvalue weighted by molar-refractivity contribution is 7.88. The summed E-state index contributed by atoms with van der Waals surface area (Å²) in [7, 11) is -1.41. The molecule has 0 radical (unpaired) electrons. The molecule has 20 heavy (non-hydrogen) atoms. The Morgan fingerprint density at radius 2 is 1.80 bits per heavy atom. The first-order chi connectivity index (χ1) is 9.31. The number of sulfonamides is 1. The number of hydrogen-bond donors (Lipinski definition) is 1. The molecular formula is C13H23N3O3S. The summed E-state index contributed by atoms with van der Waals surface area (Å²) in [6.45, 7) is 3.36. The van der Waals surface area contributed by atoms with Gasteiger partial charge in [0.25, 0.3) is 0 Å². The van der Waals surface area contributed by atoms with Crippen molar-refractivity contribution in [3.05, 3.63) is 0 Å². The van der Waals surface area contributed by atoms with E-state index < -0.39 is 15.4 Å². The quantitative estimate of drug-likeness (QED) is 0.707. The van der Waals surface area contributed by atoms with Crippen molar-refractivity contribution in [3.63, 3.8) is 0 Å². The van der Waals surface area contributed by atoms with Gasteiger partial charge in [0, 0.05) is 32.1 Å². The van der Waals surface area contributed by atoms with Gasteiger partial charge in [-0.15, -0.1) is 0 Å². The zero-order valence-corrected chi connectivity index (χ0v) is 13.0. The van der Waals surface area contributed by atoms with E-state index in [1.807, 2.05) is 7.05 Å². The van der Waals surface area contributed by atoms with Crippen LogP contribution < -0.4 is 5.32 Å². The molecule has 114 valence electrons. The number of fused-ring (bicyclic) bond motifs is 1. The van der Waals surface area contributed by atoms with E-state index in [4.69, 9.17) is 0 Å². The molecule has 0 bridgehead atoms. The van der Waals surface area contributed by atoms with Crippen LogP contribution in [-0.2, 0) is 14.8 Å². The number of rotatable bonds is 1. The number of hydrogen-bond acceptors (Lipinski definition) is 4. The lowest BCUT2D eigenvalue weighted by molar-refractivity contribution is -0.140. The zero-order valence-electron chi connectivity index (χ0n) is 12.2. The summed E-state index contributed by atoms with van der Waals surface area (Å²) in [6, 6.07) is 0. The maximum absolute atomic E-state index is 12.8. The Balaban J connectivity index is 2.03. The highest BCUT2D eigenvalue weighted by Crippen LogP contribution is 2.57. The summed E-state index contributed by atoms with van der Waals surface area (Å²) in [4.78, 5) is 14.5. The van der Waals surface area contributed by atoms with Crippen LogP contribution in [-0.4, -0.2) is 69.6 Å². The number of nitrogens with zero attached hydrogens (tertiary/aromatic N) is 2. The van der Waals surface area contributed by atoms with Gasteiger partial charge in [-0.05, 0) is 32.4 Å². The van der Waals surface area contributed by atoms with E-state index in [0.29, 0.717) is 13.1 Å². The van der Waals surface area contributed by atoms with Gasteiger partial charge < -0.3 is 10.2 Å². The number of carbonyl (C=O) groups excluding carboxylic acids is 1. The maximum Gasteiger partial charge on any atom is 0.230 e. The molecule has 3 aliphatic heterocycles. The normalized spacial score (nSPS) is 34.5. The molecule has 7 heteroatoms. The largest absolute Gasteiger partial charge is 0.345 e. The van der Waals surface area contributed by atoms with Gasteiger partial charge in [0.1, 0.15) is 0 Å². The summed E-state index contributed by atoms with van der Waals surface area (Å²) < 4.78 is 25.5. The lowest BCUT2D eigenvalue weighted by atomic mass is 9.60. The van der Waals surface area contributed by atoms with Gasteiger partial charge >= 0.3 is 0 Å². The smallest absolute Gasteiger partial charge is 0.230 e. The van der Waals surface area contributed by atoms with Crippen molar-refractivity contribution in [1.29, 1.82) is 0 Å². The van der Waals surface area contributed by atoms with E-state index in [1.165, 1.54) is 10.6 Å². The molecule has 3 saturated heterocycles. The Hall–Kier alpha value is -0.660. The van der Waals surface area contributed by atoms with Crippen molar-refractivity contribution < 1.29 is 13.2 Å². The van der Waals surface area contributed by atoms with Crippen LogP contribution in [0.15, 0.2) is 0 Å². The summed E-state index contributed by atoms with van der Waals surface area (Å²) in [5.74, 6) is 0.144. The first kappa shape index (κ1) is 14.3. The van der Waals surface area contributed by atoms with Gasteiger partial charge in [-0.3, -0.25) is 4.79 Å². The second-order valence-electron chi connectivity index (χ2n) is 6.62. The SMILES string of the molecule is CN1CC[C@]2(CN(S(C)(=O)=O)CC23CCNCC3)C1=O. The average Bonchev–Trinajstić information content (AvgIpc) is 2.85. The van der Waals surface area contributed by atoms with Gasteiger partial charge in [-0.25, -0.2) is 12.7 Å². The Kier molecular flexibility index (Phi) is 3.15. The molecule has 2 spiro atoms. The predicted molar refractivity (Wildman–Crippen MR) is 75.6 cm³/mol. The minimum atomic E-state index is -3.24. The summed E-state index contributed by atoms with van der Waals surface area (Å²) >= 11 is 0. The van der Waals surface area contributed by atoms with E-state index in [9.17, 15) is 13.2 Å². The first-order valence-electron chi connectivity index (χ1n) is 7.22. The fraction of sp³-hybridized carbons (Fsp3) is 0.923. The highest BCUT2D eigenvalue weighted by Gasteiger charge is 2.65. The molecule has 0 aromatic heterocycles. The van der Waals surface area contributed by atoms with Crippen molar-refractivity contribution in [2.45, 2.75) is 19.3 Å². The molecule has 0 aromatic carbocycles. The molecule has 0 aromatic rings. The van der Waals surface area contributed by atoms with Gasteiger partial charge in [0.15, 0.2) is 0 Å². The van der Waals surface area contributed by atoms with Gasteiger partial charge in [0.2, 0.25) is 15.9 Å². The number of nitrogens with one attached hydrogen (secondary N) is 1. The third kappa shape index (κ3) is 1.83. The molecule has 0 aliphatic carbocycles. The predicted octanol–water partition coefficient (Wildman–Crippen LogP) is -0.520. The van der Waals surface area contributed by atoms with E-state index in [1.54, 1.807) is 4.90 Å². The lowest BCUT2D eigenvalue weighted by Crippen LogP contribution is -2.51. The first-order valence-corrected chi connectivity index (χ1v) is 9.07. The van der Waals surface area contributed by atoms with Crippen LogP contribution >= 0.6 is 0 Å². The maximum atomic E-state index is 12.8. The molecule has 3 fully saturated rings. The summed E-state index contributed by atoms with van der Waals surface area (Å²) in [5.41, 5.74) is -0.671. The summed E-state index contributed by atoms with van der Waals surface area (Å²) in [6.07, 6.45) is 3.81. The zero-order chi connectivity index (χ0) is 14.6. The Morgan fingerprint density at radius 1 is 1.15 bits per heavy atom. The number of carbonyl (C=O) groups is 1. The molecule has 3 heterocycles. The van der Waals surface area contributed by atoms with Crippen LogP contribution in [0.2, 0.25) is 0 Å². The number of likely N-dealkylation sites (tertiary alicyclic amines) is 1. The van der Waals surface area contributed by atoms with Crippen LogP contribution in [0.3, 0.4) is 0 Å². The molecule has 6 nitrogen and oxygen atoms in total. The average molecular weight is 301 g/mol. The van der Waals surface area contributed by atoms with Crippen molar-refractivity contribution in [2.75, 3.05) is 46.0 Å². The lowest BCUT2D eigenvalue weighted by Gasteiger charge is -2.44. The van der Waals surface area contributed by atoms with Crippen LogP contribution in [0.25, 0.3) is 0 Å². The fourth-order valence-corrected chi connectivity index (χ4v) is 5.30. The number of piperidine rings is 1. The van der Waals surface area contributed by atoms with Gasteiger partial charge in [0.05, 0.1) is 11.7 Å². The number of amides is 1. The van der Waals surface area contributed by atoms with Gasteiger partial charge in [-0.2, -0.15) is 0 Å². The Morgan fingerprint density at radius 3 is 2.30 bits per heavy atom. The van der Waals surface area contributed by atoms with E-state index in [-0.39, 0.29) is 11.3 Å². The summed E-state index contributed by atoms with van der Waals surface area (Å²) in [5, 5.41) is 3.33. The third-order valence-electron chi connectivity index (χ3n) is 5.60. The van der Waals surface area contributed by atoms with Crippen molar-refractivity contribution in [1.82, 2.24) is 14.5 Å². The second-order valence-corrected chi connectivity index (χ2v) is 8.60. The van der Waals surface area contributed by atoms with E-state index >= 15 is 0 Å². The topological polar surface area (TPSA) is 69.7 Å². The van der Waals surface area contributed by atoms with Crippen LogP contribution in [0.1, 0.15) is 19.3 Å². The molecule has 1 amide bonds. The fourth-order valence-electron chi connectivity index (χ4n) is 4.36. The van der Waals surface area contributed by atoms with Crippen molar-refractivity contribution in [2.24, 2.45) is 10.8 Å². The molecule has 0 saturated carbocycles. The van der Waals surface area contributed by atoms with Crippen molar-refractivity contribution >= 4 is 15.9 Å². The minimum Gasteiger partial charge on any atom is -0.345 e. The van der Waals surface area contributed by atoms with E-state index in [0.717, 1.165) is 38.9 Å². The molecule has 3 rings (SSSR count). The van der Waals surface area contributed by atoms with Crippen LogP contribution in [0.4, 0.5) is 0 Å². The van der Waals surface area contributed by atoms with E-state index in [2.05, 4.69) is 5.32 Å². The third-order valence-corrected chi connectivity index (χ3v) is 6.80. The van der Waals surface area contributed by atoms with Crippen molar-refractivity contribution in [3.8, 4) is 0 Å². The Labute approximate surface area is 120 Å². The molecular weight excluding hydrogens is 278 g/mol. The molecule has 3 aliphatic rings. The highest BCUT2D eigenvalue weighted by atomic mass is 32.2. The minimum absolute atomic E-state index is 0.144.